The molecule has 0 radical (unpaired) electrons. The normalized spacial score (nSPS) is 10.6. The van der Waals surface area contributed by atoms with Crippen LogP contribution in [0.3, 0.4) is 0 Å². The van der Waals surface area contributed by atoms with Crippen LogP contribution >= 0.6 is 0 Å². The molecule has 19 heavy (non-hydrogen) atoms. The number of carbonyl (C=O) groups is 1. The Kier molecular flexibility index (Phi) is 14.7. The quantitative estimate of drug-likeness (QED) is 0.344. The van der Waals surface area contributed by atoms with Gasteiger partial charge in [0.15, 0.2) is 0 Å². The molecule has 0 unspecified atom stereocenters. The SMILES string of the molecule is CCNCCOCCOCC(=O)NCCOCCO. The van der Waals surface area contributed by atoms with Crippen molar-refractivity contribution in [1.82, 2.24) is 10.6 Å². The number of amides is 1. The minimum atomic E-state index is -0.180. The van der Waals surface area contributed by atoms with E-state index in [1.165, 1.54) is 0 Å². The lowest BCUT2D eigenvalue weighted by molar-refractivity contribution is -0.126. The summed E-state index contributed by atoms with van der Waals surface area (Å²) in [6, 6.07) is 0. The van der Waals surface area contributed by atoms with E-state index in [1.54, 1.807) is 0 Å². The maximum Gasteiger partial charge on any atom is 0.246 e. The molecule has 0 rings (SSSR count). The molecule has 0 spiro atoms. The largest absolute Gasteiger partial charge is 0.394 e. The van der Waals surface area contributed by atoms with Crippen molar-refractivity contribution in [3.63, 3.8) is 0 Å². The molecule has 0 saturated heterocycles. The minimum absolute atomic E-state index is 0.00909. The van der Waals surface area contributed by atoms with Gasteiger partial charge in [-0.05, 0) is 6.54 Å². The number of aliphatic hydroxyl groups excluding tert-OH is 1. The molecule has 0 aromatic rings. The molecular weight excluding hydrogens is 252 g/mol. The van der Waals surface area contributed by atoms with E-state index >= 15 is 0 Å². The number of aliphatic hydroxyl groups is 1. The van der Waals surface area contributed by atoms with Gasteiger partial charge in [-0.25, -0.2) is 0 Å². The lowest BCUT2D eigenvalue weighted by Gasteiger charge is -2.07. The number of ether oxygens (including phenoxy) is 3. The Hall–Kier alpha value is -0.730. The fraction of sp³-hybridized carbons (Fsp3) is 0.917. The van der Waals surface area contributed by atoms with Crippen LogP contribution in [0.4, 0.5) is 0 Å². The van der Waals surface area contributed by atoms with Crippen LogP contribution in [-0.2, 0) is 19.0 Å². The van der Waals surface area contributed by atoms with E-state index in [2.05, 4.69) is 10.6 Å². The van der Waals surface area contributed by atoms with Crippen LogP contribution in [-0.4, -0.2) is 76.9 Å². The van der Waals surface area contributed by atoms with Gasteiger partial charge < -0.3 is 30.0 Å². The number of likely N-dealkylation sites (N-methyl/N-ethyl adjacent to an activating group) is 1. The first-order valence-electron chi connectivity index (χ1n) is 6.62. The van der Waals surface area contributed by atoms with Crippen LogP contribution in [0.5, 0.6) is 0 Å². The number of hydrogen-bond donors (Lipinski definition) is 3. The van der Waals surface area contributed by atoms with Crippen molar-refractivity contribution in [2.24, 2.45) is 0 Å². The second-order valence-corrected chi connectivity index (χ2v) is 3.70. The zero-order valence-corrected chi connectivity index (χ0v) is 11.7. The molecule has 0 aliphatic carbocycles. The molecule has 0 saturated carbocycles. The molecule has 0 atom stereocenters. The molecule has 7 heteroatoms. The molecule has 114 valence electrons. The van der Waals surface area contributed by atoms with Gasteiger partial charge in [-0.2, -0.15) is 0 Å². The first kappa shape index (κ1) is 18.3. The number of hydrogen-bond acceptors (Lipinski definition) is 6. The molecule has 0 aliphatic heterocycles. The molecule has 7 nitrogen and oxygen atoms in total. The fourth-order valence-corrected chi connectivity index (χ4v) is 1.19. The Labute approximate surface area is 114 Å². The van der Waals surface area contributed by atoms with Crippen molar-refractivity contribution in [3.8, 4) is 0 Å². The molecular formula is C12H26N2O5. The van der Waals surface area contributed by atoms with Gasteiger partial charge in [-0.15, -0.1) is 0 Å². The third-order valence-electron chi connectivity index (χ3n) is 2.08. The predicted octanol–water partition coefficient (Wildman–Crippen LogP) is -1.25. The van der Waals surface area contributed by atoms with Crippen molar-refractivity contribution < 1.29 is 24.1 Å². The maximum atomic E-state index is 11.3. The van der Waals surface area contributed by atoms with Gasteiger partial charge >= 0.3 is 0 Å². The van der Waals surface area contributed by atoms with E-state index in [9.17, 15) is 4.79 Å². The van der Waals surface area contributed by atoms with Crippen LogP contribution in [0, 0.1) is 0 Å². The smallest absolute Gasteiger partial charge is 0.246 e. The average Bonchev–Trinajstić information content (AvgIpc) is 2.41. The highest BCUT2D eigenvalue weighted by Gasteiger charge is 2.00. The van der Waals surface area contributed by atoms with Gasteiger partial charge in [0.1, 0.15) is 6.61 Å². The van der Waals surface area contributed by atoms with Crippen molar-refractivity contribution in [2.45, 2.75) is 6.92 Å². The summed E-state index contributed by atoms with van der Waals surface area (Å²) in [7, 11) is 0. The fourth-order valence-electron chi connectivity index (χ4n) is 1.19. The van der Waals surface area contributed by atoms with Gasteiger partial charge in [-0.1, -0.05) is 6.92 Å². The zero-order chi connectivity index (χ0) is 14.2. The maximum absolute atomic E-state index is 11.3. The monoisotopic (exact) mass is 278 g/mol. The summed E-state index contributed by atoms with van der Waals surface area (Å²) >= 11 is 0. The summed E-state index contributed by atoms with van der Waals surface area (Å²) in [5.74, 6) is -0.180. The first-order chi connectivity index (χ1) is 9.31. The highest BCUT2D eigenvalue weighted by Crippen LogP contribution is 1.80. The second-order valence-electron chi connectivity index (χ2n) is 3.70. The molecule has 0 heterocycles. The molecule has 0 bridgehead atoms. The van der Waals surface area contributed by atoms with E-state index < -0.39 is 0 Å². The topological polar surface area (TPSA) is 89.1 Å². The van der Waals surface area contributed by atoms with E-state index in [-0.39, 0.29) is 25.7 Å². The third kappa shape index (κ3) is 15.2. The zero-order valence-electron chi connectivity index (χ0n) is 11.7. The molecule has 0 aromatic heterocycles. The predicted molar refractivity (Wildman–Crippen MR) is 71.1 cm³/mol. The molecule has 0 fully saturated rings. The molecule has 0 aliphatic rings. The summed E-state index contributed by atoms with van der Waals surface area (Å²) in [6.07, 6.45) is 0. The average molecular weight is 278 g/mol. The van der Waals surface area contributed by atoms with Crippen LogP contribution in [0.15, 0.2) is 0 Å². The van der Waals surface area contributed by atoms with Gasteiger partial charge in [0.2, 0.25) is 5.91 Å². The Morgan fingerprint density at radius 2 is 1.68 bits per heavy atom. The molecule has 0 aromatic carbocycles. The Morgan fingerprint density at radius 1 is 1.00 bits per heavy atom. The summed E-state index contributed by atoms with van der Waals surface area (Å²) in [6.45, 7) is 6.44. The van der Waals surface area contributed by atoms with Crippen molar-refractivity contribution in [2.75, 3.05) is 65.9 Å². The Bertz CT molecular complexity index is 205. The van der Waals surface area contributed by atoms with E-state index in [4.69, 9.17) is 19.3 Å². The first-order valence-corrected chi connectivity index (χ1v) is 6.62. The van der Waals surface area contributed by atoms with Crippen LogP contribution in [0.25, 0.3) is 0 Å². The Morgan fingerprint density at radius 3 is 2.42 bits per heavy atom. The summed E-state index contributed by atoms with van der Waals surface area (Å²) in [5, 5.41) is 14.2. The minimum Gasteiger partial charge on any atom is -0.394 e. The molecule has 3 N–H and O–H groups in total. The molecule has 1 amide bonds. The highest BCUT2D eigenvalue weighted by molar-refractivity contribution is 5.77. The van der Waals surface area contributed by atoms with E-state index in [0.29, 0.717) is 33.0 Å². The highest BCUT2D eigenvalue weighted by atomic mass is 16.5. The Balaban J connectivity index is 3.12. The van der Waals surface area contributed by atoms with Crippen LogP contribution < -0.4 is 10.6 Å². The summed E-state index contributed by atoms with van der Waals surface area (Å²) in [4.78, 5) is 11.3. The van der Waals surface area contributed by atoms with Crippen molar-refractivity contribution in [3.05, 3.63) is 0 Å². The standard InChI is InChI=1S/C12H26N2O5/c1-2-13-3-6-18-9-10-19-11-12(16)14-4-7-17-8-5-15/h13,15H,2-11H2,1H3,(H,14,16). The second kappa shape index (κ2) is 15.3. The number of nitrogens with one attached hydrogen (secondary N) is 2. The van der Waals surface area contributed by atoms with Gasteiger partial charge in [0, 0.05) is 13.1 Å². The van der Waals surface area contributed by atoms with Gasteiger partial charge in [-0.3, -0.25) is 4.79 Å². The van der Waals surface area contributed by atoms with Crippen molar-refractivity contribution in [1.29, 1.82) is 0 Å². The van der Waals surface area contributed by atoms with Crippen molar-refractivity contribution >= 4 is 5.91 Å². The third-order valence-corrected chi connectivity index (χ3v) is 2.08. The van der Waals surface area contributed by atoms with Crippen LogP contribution in [0.1, 0.15) is 6.92 Å². The lowest BCUT2D eigenvalue weighted by atomic mass is 10.6. The summed E-state index contributed by atoms with van der Waals surface area (Å²) in [5.41, 5.74) is 0. The van der Waals surface area contributed by atoms with Gasteiger partial charge in [0.05, 0.1) is 39.6 Å². The lowest BCUT2D eigenvalue weighted by Crippen LogP contribution is -2.31. The van der Waals surface area contributed by atoms with E-state index in [0.717, 1.165) is 13.1 Å². The summed E-state index contributed by atoms with van der Waals surface area (Å²) < 4.78 is 15.4. The van der Waals surface area contributed by atoms with Gasteiger partial charge in [0.25, 0.3) is 0 Å². The van der Waals surface area contributed by atoms with Crippen LogP contribution in [0.2, 0.25) is 0 Å². The number of rotatable bonds is 14. The number of carbonyl (C=O) groups excluding carboxylic acids is 1. The van der Waals surface area contributed by atoms with E-state index in [1.807, 2.05) is 6.92 Å².